The van der Waals surface area contributed by atoms with Crippen LogP contribution in [0.25, 0.3) is 0 Å². The van der Waals surface area contributed by atoms with E-state index >= 15 is 0 Å². The highest BCUT2D eigenvalue weighted by Gasteiger charge is 2.30. The zero-order valence-corrected chi connectivity index (χ0v) is 12.6. The third-order valence-electron chi connectivity index (χ3n) is 3.05. The molecule has 0 unspecified atom stereocenters. The number of carbonyl (C=O) groups excluding carboxylic acids is 1. The molecule has 1 fully saturated rings. The summed E-state index contributed by atoms with van der Waals surface area (Å²) in [5, 5.41) is 6.81. The molecule has 1 amide bonds. The fraction of sp³-hybridized carbons (Fsp3) is 0.786. The third-order valence-corrected chi connectivity index (χ3v) is 3.05. The maximum absolute atomic E-state index is 11.7. The molecule has 6 heteroatoms. The summed E-state index contributed by atoms with van der Waals surface area (Å²) in [6.07, 6.45) is 3.21. The Kier molecular flexibility index (Phi) is 4.30. The number of hydrogen-bond acceptors (Lipinski definition) is 5. The lowest BCUT2D eigenvalue weighted by molar-refractivity contribution is 0.0502. The summed E-state index contributed by atoms with van der Waals surface area (Å²) in [4.78, 5) is 16.1. The Bertz CT molecular complexity index is 460. The predicted octanol–water partition coefficient (Wildman–Crippen LogP) is 2.79. The van der Waals surface area contributed by atoms with Crippen LogP contribution in [0.1, 0.15) is 64.6 Å². The van der Waals surface area contributed by atoms with Gasteiger partial charge in [0.2, 0.25) is 5.89 Å². The maximum Gasteiger partial charge on any atom is 0.407 e. The Balaban J connectivity index is 1.86. The molecule has 1 N–H and O–H groups in total. The van der Waals surface area contributed by atoms with Gasteiger partial charge in [-0.25, -0.2) is 4.79 Å². The zero-order valence-electron chi connectivity index (χ0n) is 12.6. The zero-order chi connectivity index (χ0) is 14.8. The summed E-state index contributed by atoms with van der Waals surface area (Å²) in [6.45, 7) is 7.53. The number of nitrogens with zero attached hydrogens (tertiary/aromatic N) is 2. The Labute approximate surface area is 119 Å². The van der Waals surface area contributed by atoms with Gasteiger partial charge in [0.25, 0.3) is 0 Å². The minimum atomic E-state index is -0.492. The van der Waals surface area contributed by atoms with Gasteiger partial charge in [0, 0.05) is 18.4 Å². The van der Waals surface area contributed by atoms with E-state index in [-0.39, 0.29) is 6.04 Å². The summed E-state index contributed by atoms with van der Waals surface area (Å²) >= 11 is 0. The van der Waals surface area contributed by atoms with Crippen molar-refractivity contribution < 1.29 is 14.1 Å². The summed E-state index contributed by atoms with van der Waals surface area (Å²) in [6, 6.07) is -0.0468. The SMILES string of the molecule is CC[C@@H](Cc1noc(C2CC2)n1)NC(=O)OC(C)(C)C. The van der Waals surface area contributed by atoms with Crippen molar-refractivity contribution in [1.29, 1.82) is 0 Å². The molecule has 0 aromatic carbocycles. The van der Waals surface area contributed by atoms with E-state index in [2.05, 4.69) is 15.5 Å². The number of aromatic nitrogens is 2. The van der Waals surface area contributed by atoms with E-state index in [4.69, 9.17) is 9.26 Å². The minimum Gasteiger partial charge on any atom is -0.444 e. The van der Waals surface area contributed by atoms with E-state index in [1.54, 1.807) is 0 Å². The Morgan fingerprint density at radius 2 is 2.20 bits per heavy atom. The van der Waals surface area contributed by atoms with Crippen LogP contribution in [0.2, 0.25) is 0 Å². The second kappa shape index (κ2) is 5.81. The highest BCUT2D eigenvalue weighted by molar-refractivity contribution is 5.68. The summed E-state index contributed by atoms with van der Waals surface area (Å²) in [5.41, 5.74) is -0.492. The van der Waals surface area contributed by atoms with E-state index in [0.29, 0.717) is 18.2 Å². The van der Waals surface area contributed by atoms with Crippen molar-refractivity contribution in [2.75, 3.05) is 0 Å². The van der Waals surface area contributed by atoms with Gasteiger partial charge < -0.3 is 14.6 Å². The van der Waals surface area contributed by atoms with Crippen LogP contribution in [0.15, 0.2) is 4.52 Å². The first-order valence-electron chi connectivity index (χ1n) is 7.19. The molecular weight excluding hydrogens is 258 g/mol. The highest BCUT2D eigenvalue weighted by Crippen LogP contribution is 2.38. The van der Waals surface area contributed by atoms with Crippen molar-refractivity contribution in [3.05, 3.63) is 11.7 Å². The first-order valence-corrected chi connectivity index (χ1v) is 7.19. The predicted molar refractivity (Wildman–Crippen MR) is 73.4 cm³/mol. The number of nitrogens with one attached hydrogen (secondary N) is 1. The van der Waals surface area contributed by atoms with Gasteiger partial charge in [0.05, 0.1) is 0 Å². The van der Waals surface area contributed by atoms with Crippen LogP contribution in [0.4, 0.5) is 4.79 Å². The minimum absolute atomic E-state index is 0.0468. The van der Waals surface area contributed by atoms with Crippen molar-refractivity contribution >= 4 is 6.09 Å². The van der Waals surface area contributed by atoms with Crippen molar-refractivity contribution in [2.45, 2.75) is 70.9 Å². The number of amides is 1. The fourth-order valence-electron chi connectivity index (χ4n) is 1.84. The molecule has 0 bridgehead atoms. The monoisotopic (exact) mass is 281 g/mol. The van der Waals surface area contributed by atoms with Crippen LogP contribution in [0, 0.1) is 0 Å². The summed E-state index contributed by atoms with van der Waals surface area (Å²) in [5.74, 6) is 1.83. The smallest absolute Gasteiger partial charge is 0.407 e. The molecule has 0 spiro atoms. The molecule has 0 radical (unpaired) electrons. The standard InChI is InChI=1S/C14H23N3O3/c1-5-10(15-13(18)19-14(2,3)4)8-11-16-12(20-17-11)9-6-7-9/h9-10H,5-8H2,1-4H3,(H,15,18)/t10-/m0/s1. The molecule has 1 aliphatic carbocycles. The Hall–Kier alpha value is -1.59. The summed E-state index contributed by atoms with van der Waals surface area (Å²) < 4.78 is 10.5. The molecule has 1 aliphatic rings. The maximum atomic E-state index is 11.7. The lowest BCUT2D eigenvalue weighted by atomic mass is 10.1. The van der Waals surface area contributed by atoms with Crippen molar-refractivity contribution in [1.82, 2.24) is 15.5 Å². The van der Waals surface area contributed by atoms with E-state index in [0.717, 1.165) is 25.2 Å². The second-order valence-corrected chi connectivity index (χ2v) is 6.28. The molecule has 1 aromatic heterocycles. The quantitative estimate of drug-likeness (QED) is 0.898. The molecule has 0 aliphatic heterocycles. The molecule has 2 rings (SSSR count). The van der Waals surface area contributed by atoms with Crippen LogP contribution in [-0.4, -0.2) is 27.9 Å². The molecule has 112 valence electrons. The summed E-state index contributed by atoms with van der Waals surface area (Å²) in [7, 11) is 0. The highest BCUT2D eigenvalue weighted by atomic mass is 16.6. The normalized spacial score (nSPS) is 16.8. The van der Waals surface area contributed by atoms with Crippen molar-refractivity contribution in [3.8, 4) is 0 Å². The van der Waals surface area contributed by atoms with E-state index in [1.165, 1.54) is 0 Å². The van der Waals surface area contributed by atoms with E-state index in [1.807, 2.05) is 27.7 Å². The van der Waals surface area contributed by atoms with Crippen LogP contribution in [-0.2, 0) is 11.2 Å². The van der Waals surface area contributed by atoms with Crippen LogP contribution < -0.4 is 5.32 Å². The average Bonchev–Trinajstić information content (AvgIpc) is 3.07. The number of alkyl carbamates (subject to hydrolysis) is 1. The largest absolute Gasteiger partial charge is 0.444 e. The van der Waals surface area contributed by atoms with Gasteiger partial charge in [0.15, 0.2) is 5.82 Å². The molecule has 1 aromatic rings. The molecule has 1 atom stereocenters. The van der Waals surface area contributed by atoms with Gasteiger partial charge in [-0.2, -0.15) is 4.98 Å². The second-order valence-electron chi connectivity index (χ2n) is 6.28. The van der Waals surface area contributed by atoms with Crippen LogP contribution >= 0.6 is 0 Å². The molecule has 0 saturated heterocycles. The van der Waals surface area contributed by atoms with Crippen LogP contribution in [0.3, 0.4) is 0 Å². The molecule has 20 heavy (non-hydrogen) atoms. The van der Waals surface area contributed by atoms with Gasteiger partial charge in [-0.3, -0.25) is 0 Å². The molecule has 1 saturated carbocycles. The Morgan fingerprint density at radius 1 is 1.50 bits per heavy atom. The number of rotatable bonds is 5. The topological polar surface area (TPSA) is 77.3 Å². The van der Waals surface area contributed by atoms with Gasteiger partial charge in [-0.1, -0.05) is 12.1 Å². The van der Waals surface area contributed by atoms with Gasteiger partial charge in [0.1, 0.15) is 5.60 Å². The van der Waals surface area contributed by atoms with Crippen molar-refractivity contribution in [2.24, 2.45) is 0 Å². The first kappa shape index (κ1) is 14.8. The number of hydrogen-bond donors (Lipinski definition) is 1. The number of carbonyl (C=O) groups is 1. The molecule has 1 heterocycles. The fourth-order valence-corrected chi connectivity index (χ4v) is 1.84. The lowest BCUT2D eigenvalue weighted by Gasteiger charge is -2.22. The molecular formula is C14H23N3O3. The van der Waals surface area contributed by atoms with Gasteiger partial charge in [-0.05, 0) is 40.0 Å². The number of ether oxygens (including phenoxy) is 1. The first-order chi connectivity index (χ1) is 9.37. The molecule has 6 nitrogen and oxygen atoms in total. The average molecular weight is 281 g/mol. The van der Waals surface area contributed by atoms with E-state index < -0.39 is 11.7 Å². The van der Waals surface area contributed by atoms with Crippen LogP contribution in [0.5, 0.6) is 0 Å². The third kappa shape index (κ3) is 4.51. The van der Waals surface area contributed by atoms with E-state index in [9.17, 15) is 4.79 Å². The van der Waals surface area contributed by atoms with Crippen molar-refractivity contribution in [3.63, 3.8) is 0 Å². The Morgan fingerprint density at radius 3 is 2.75 bits per heavy atom. The van der Waals surface area contributed by atoms with Gasteiger partial charge >= 0.3 is 6.09 Å². The van der Waals surface area contributed by atoms with Gasteiger partial charge in [-0.15, -0.1) is 0 Å². The lowest BCUT2D eigenvalue weighted by Crippen LogP contribution is -2.40.